The molecule has 28 heavy (non-hydrogen) atoms. The van der Waals surface area contributed by atoms with Crippen molar-refractivity contribution in [1.29, 1.82) is 0 Å². The topological polar surface area (TPSA) is 17.1 Å². The fraction of sp³-hybridized carbons (Fsp3) is 0. The van der Waals surface area contributed by atoms with Gasteiger partial charge >= 0.3 is 0 Å². The van der Waals surface area contributed by atoms with Crippen molar-refractivity contribution in [3.63, 3.8) is 0 Å². The predicted molar refractivity (Wildman–Crippen MR) is 119 cm³/mol. The van der Waals surface area contributed by atoms with E-state index in [9.17, 15) is 4.79 Å². The maximum atomic E-state index is 13.3. The van der Waals surface area contributed by atoms with Crippen LogP contribution < -0.4 is 0 Å². The van der Waals surface area contributed by atoms with E-state index in [0.29, 0.717) is 0 Å². The summed E-state index contributed by atoms with van der Waals surface area (Å²) in [4.78, 5) is 13.3. The van der Waals surface area contributed by atoms with Gasteiger partial charge in [-0.3, -0.25) is 4.79 Å². The first kappa shape index (κ1) is 16.5. The van der Waals surface area contributed by atoms with Crippen LogP contribution in [0.25, 0.3) is 38.4 Å². The molecule has 0 aliphatic heterocycles. The maximum absolute atomic E-state index is 13.3. The number of rotatable bonds is 3. The molecule has 0 aliphatic rings. The van der Waals surface area contributed by atoms with E-state index in [4.69, 9.17) is 0 Å². The molecule has 0 radical (unpaired) electrons. The molecule has 0 aromatic heterocycles. The van der Waals surface area contributed by atoms with Crippen LogP contribution in [0.3, 0.4) is 0 Å². The quantitative estimate of drug-likeness (QED) is 0.192. The molecular formula is C27H18O. The van der Waals surface area contributed by atoms with Crippen molar-refractivity contribution < 1.29 is 4.79 Å². The van der Waals surface area contributed by atoms with Gasteiger partial charge in [0.1, 0.15) is 0 Å². The Kier molecular flexibility index (Phi) is 3.99. The second-order valence-electron chi connectivity index (χ2n) is 6.96. The summed E-state index contributed by atoms with van der Waals surface area (Å²) in [5.74, 6) is 0.0286. The monoisotopic (exact) mass is 358 g/mol. The summed E-state index contributed by atoms with van der Waals surface area (Å²) >= 11 is 0. The van der Waals surface area contributed by atoms with E-state index in [2.05, 4.69) is 36.4 Å². The van der Waals surface area contributed by atoms with E-state index in [-0.39, 0.29) is 5.78 Å². The van der Waals surface area contributed by atoms with Crippen molar-refractivity contribution in [2.24, 2.45) is 0 Å². The van der Waals surface area contributed by atoms with Crippen LogP contribution in [0.2, 0.25) is 0 Å². The number of hydrogen-bond acceptors (Lipinski definition) is 1. The second-order valence-corrected chi connectivity index (χ2v) is 6.96. The standard InChI is InChI=1S/C27H18O/c28-26(17-16-20-12-7-11-19-8-1-4-13-23(19)20)27-24-14-5-2-9-21(24)18-22-10-3-6-15-25(22)27/h1-18H/b17-16+. The summed E-state index contributed by atoms with van der Waals surface area (Å²) in [5, 5.41) is 6.48. The lowest BCUT2D eigenvalue weighted by Crippen LogP contribution is -1.98. The lowest BCUT2D eigenvalue weighted by Gasteiger charge is -2.09. The summed E-state index contributed by atoms with van der Waals surface area (Å²) < 4.78 is 0. The van der Waals surface area contributed by atoms with E-state index in [0.717, 1.165) is 38.1 Å². The Morgan fingerprint density at radius 3 is 1.79 bits per heavy atom. The average molecular weight is 358 g/mol. The summed E-state index contributed by atoms with van der Waals surface area (Å²) in [6, 6.07) is 32.7. The number of carbonyl (C=O) groups is 1. The summed E-state index contributed by atoms with van der Waals surface area (Å²) in [5.41, 5.74) is 1.82. The van der Waals surface area contributed by atoms with Crippen LogP contribution in [0.1, 0.15) is 15.9 Å². The van der Waals surface area contributed by atoms with E-state index in [1.807, 2.05) is 66.7 Å². The highest BCUT2D eigenvalue weighted by molar-refractivity contribution is 6.23. The van der Waals surface area contributed by atoms with Crippen LogP contribution in [0, 0.1) is 0 Å². The fourth-order valence-corrected chi connectivity index (χ4v) is 3.92. The minimum absolute atomic E-state index is 0.0286. The van der Waals surface area contributed by atoms with Gasteiger partial charge in [-0.25, -0.2) is 0 Å². The number of ketones is 1. The van der Waals surface area contributed by atoms with Crippen molar-refractivity contribution in [3.8, 4) is 0 Å². The Hall–Kier alpha value is -3.71. The third-order valence-electron chi connectivity index (χ3n) is 5.26. The minimum atomic E-state index is 0.0286. The first-order valence-corrected chi connectivity index (χ1v) is 9.42. The van der Waals surface area contributed by atoms with E-state index >= 15 is 0 Å². The maximum Gasteiger partial charge on any atom is 0.187 e. The molecule has 0 fully saturated rings. The Labute approximate surface area is 163 Å². The molecule has 0 atom stereocenters. The number of allylic oxidation sites excluding steroid dienone is 1. The molecule has 1 nitrogen and oxygen atoms in total. The first-order valence-electron chi connectivity index (χ1n) is 9.42. The lowest BCUT2D eigenvalue weighted by atomic mass is 9.93. The zero-order chi connectivity index (χ0) is 18.9. The van der Waals surface area contributed by atoms with Crippen molar-refractivity contribution in [1.82, 2.24) is 0 Å². The van der Waals surface area contributed by atoms with Crippen molar-refractivity contribution in [3.05, 3.63) is 114 Å². The number of hydrogen-bond donors (Lipinski definition) is 0. The molecular weight excluding hydrogens is 340 g/mol. The Balaban J connectivity index is 1.67. The highest BCUT2D eigenvalue weighted by Crippen LogP contribution is 2.29. The van der Waals surface area contributed by atoms with Crippen LogP contribution in [0.4, 0.5) is 0 Å². The van der Waals surface area contributed by atoms with Gasteiger partial charge in [0.05, 0.1) is 0 Å². The number of benzene rings is 5. The highest BCUT2D eigenvalue weighted by Gasteiger charge is 2.12. The van der Waals surface area contributed by atoms with E-state index < -0.39 is 0 Å². The minimum Gasteiger partial charge on any atom is -0.289 e. The van der Waals surface area contributed by atoms with Gasteiger partial charge in [0.25, 0.3) is 0 Å². The summed E-state index contributed by atoms with van der Waals surface area (Å²) in [6.07, 6.45) is 3.64. The van der Waals surface area contributed by atoms with Crippen LogP contribution in [0.15, 0.2) is 103 Å². The van der Waals surface area contributed by atoms with E-state index in [1.165, 1.54) is 5.39 Å². The SMILES string of the molecule is O=C(/C=C/c1cccc2ccccc12)c1c2ccccc2cc2ccccc12. The lowest BCUT2D eigenvalue weighted by molar-refractivity contribution is 0.105. The van der Waals surface area contributed by atoms with Gasteiger partial charge in [0, 0.05) is 5.56 Å². The molecule has 0 N–H and O–H groups in total. The Bertz CT molecular complexity index is 1320. The third kappa shape index (κ3) is 2.78. The van der Waals surface area contributed by atoms with Gasteiger partial charge < -0.3 is 0 Å². The molecule has 0 aliphatic carbocycles. The summed E-state index contributed by atoms with van der Waals surface area (Å²) in [6.45, 7) is 0. The first-order chi connectivity index (χ1) is 13.8. The fourth-order valence-electron chi connectivity index (χ4n) is 3.92. The number of fused-ring (bicyclic) bond motifs is 3. The molecule has 0 bridgehead atoms. The molecule has 0 spiro atoms. The molecule has 0 amide bonds. The average Bonchev–Trinajstić information content (AvgIpc) is 2.75. The molecule has 0 saturated heterocycles. The molecule has 132 valence electrons. The van der Waals surface area contributed by atoms with Gasteiger partial charge in [-0.05, 0) is 50.0 Å². The van der Waals surface area contributed by atoms with Crippen molar-refractivity contribution in [2.45, 2.75) is 0 Å². The Morgan fingerprint density at radius 1 is 0.571 bits per heavy atom. The van der Waals surface area contributed by atoms with Gasteiger partial charge in [0.2, 0.25) is 0 Å². The zero-order valence-corrected chi connectivity index (χ0v) is 15.3. The van der Waals surface area contributed by atoms with Gasteiger partial charge in [0.15, 0.2) is 5.78 Å². The smallest absolute Gasteiger partial charge is 0.187 e. The van der Waals surface area contributed by atoms with Gasteiger partial charge in [-0.1, -0.05) is 97.1 Å². The van der Waals surface area contributed by atoms with Crippen molar-refractivity contribution >= 4 is 44.2 Å². The normalized spacial score (nSPS) is 11.6. The van der Waals surface area contributed by atoms with Crippen LogP contribution >= 0.6 is 0 Å². The molecule has 1 heteroatoms. The van der Waals surface area contributed by atoms with Crippen LogP contribution in [0.5, 0.6) is 0 Å². The van der Waals surface area contributed by atoms with E-state index in [1.54, 1.807) is 6.08 Å². The molecule has 5 aromatic carbocycles. The highest BCUT2D eigenvalue weighted by atomic mass is 16.1. The summed E-state index contributed by atoms with van der Waals surface area (Å²) in [7, 11) is 0. The molecule has 5 rings (SSSR count). The van der Waals surface area contributed by atoms with Gasteiger partial charge in [-0.15, -0.1) is 0 Å². The van der Waals surface area contributed by atoms with Crippen LogP contribution in [-0.2, 0) is 0 Å². The largest absolute Gasteiger partial charge is 0.289 e. The van der Waals surface area contributed by atoms with Crippen molar-refractivity contribution in [2.75, 3.05) is 0 Å². The zero-order valence-electron chi connectivity index (χ0n) is 15.3. The van der Waals surface area contributed by atoms with Gasteiger partial charge in [-0.2, -0.15) is 0 Å². The number of carbonyl (C=O) groups excluding carboxylic acids is 1. The molecule has 0 unspecified atom stereocenters. The predicted octanol–water partition coefficient (Wildman–Crippen LogP) is 7.04. The molecule has 5 aromatic rings. The Morgan fingerprint density at radius 2 is 1.11 bits per heavy atom. The second kappa shape index (κ2) is 6.79. The van der Waals surface area contributed by atoms with Crippen LogP contribution in [-0.4, -0.2) is 5.78 Å². The third-order valence-corrected chi connectivity index (χ3v) is 5.26. The molecule has 0 saturated carbocycles. The molecule has 0 heterocycles.